The van der Waals surface area contributed by atoms with Gasteiger partial charge < -0.3 is 9.84 Å². The van der Waals surface area contributed by atoms with Crippen molar-refractivity contribution in [1.29, 1.82) is 0 Å². The first-order chi connectivity index (χ1) is 9.34. The summed E-state index contributed by atoms with van der Waals surface area (Å²) >= 11 is 3.28. The number of benzene rings is 1. The number of aliphatic hydroxyl groups is 1. The first-order valence-corrected chi connectivity index (χ1v) is 8.56. The average Bonchev–Trinajstić information content (AvgIpc) is 2.36. The summed E-state index contributed by atoms with van der Waals surface area (Å²) in [6.07, 6.45) is 1.04. The number of rotatable bonds is 5. The second-order valence-corrected chi connectivity index (χ2v) is 8.00. The number of aliphatic hydroxyl groups excluding tert-OH is 1. The predicted molar refractivity (Wildman–Crippen MR) is 79.2 cm³/mol. The van der Waals surface area contributed by atoms with E-state index < -0.39 is 10.0 Å². The Hall–Kier alpha value is -0.630. The Morgan fingerprint density at radius 1 is 1.45 bits per heavy atom. The second kappa shape index (κ2) is 6.01. The summed E-state index contributed by atoms with van der Waals surface area (Å²) < 4.78 is 32.3. The Morgan fingerprint density at radius 2 is 2.10 bits per heavy atom. The fourth-order valence-electron chi connectivity index (χ4n) is 2.33. The third-order valence-electron chi connectivity index (χ3n) is 3.54. The van der Waals surface area contributed by atoms with Crippen LogP contribution in [0.4, 0.5) is 0 Å². The van der Waals surface area contributed by atoms with Crippen LogP contribution < -0.4 is 4.74 Å². The molecule has 0 heterocycles. The van der Waals surface area contributed by atoms with Crippen LogP contribution in [-0.4, -0.2) is 44.6 Å². The quantitative estimate of drug-likeness (QED) is 0.866. The second-order valence-electron chi connectivity index (χ2n) is 5.07. The first-order valence-electron chi connectivity index (χ1n) is 6.32. The number of hydrogen-bond donors (Lipinski definition) is 1. The monoisotopic (exact) mass is 363 g/mol. The summed E-state index contributed by atoms with van der Waals surface area (Å²) in [7, 11) is -0.591. The Morgan fingerprint density at radius 3 is 2.65 bits per heavy atom. The molecule has 1 aromatic carbocycles. The van der Waals surface area contributed by atoms with Crippen molar-refractivity contribution in [2.24, 2.45) is 5.92 Å². The van der Waals surface area contributed by atoms with Gasteiger partial charge in [-0.2, -0.15) is 0 Å². The molecule has 0 amide bonds. The van der Waals surface area contributed by atoms with E-state index in [2.05, 4.69) is 15.9 Å². The topological polar surface area (TPSA) is 66.8 Å². The Bertz CT molecular complexity index is 584. The van der Waals surface area contributed by atoms with Gasteiger partial charge in [-0.05, 0) is 37.0 Å². The molecule has 1 saturated carbocycles. The van der Waals surface area contributed by atoms with Crippen LogP contribution in [0.5, 0.6) is 5.75 Å². The number of nitrogens with zero attached hydrogens (tertiary/aromatic N) is 1. The van der Waals surface area contributed by atoms with Crippen LogP contribution in [0.25, 0.3) is 0 Å². The van der Waals surface area contributed by atoms with Crippen molar-refractivity contribution in [1.82, 2.24) is 4.31 Å². The molecule has 1 N–H and O–H groups in total. The van der Waals surface area contributed by atoms with E-state index in [1.807, 2.05) is 0 Å². The van der Waals surface area contributed by atoms with E-state index in [1.54, 1.807) is 25.2 Å². The summed E-state index contributed by atoms with van der Waals surface area (Å²) in [4.78, 5) is 0.150. The molecular formula is C13H18BrNO4S. The fourth-order valence-corrected chi connectivity index (χ4v) is 4.27. The molecule has 0 aromatic heterocycles. The molecule has 0 saturated heterocycles. The van der Waals surface area contributed by atoms with Gasteiger partial charge in [-0.15, -0.1) is 0 Å². The maximum Gasteiger partial charge on any atom is 0.246 e. The molecule has 0 aliphatic heterocycles. The highest BCUT2D eigenvalue weighted by Crippen LogP contribution is 2.32. The van der Waals surface area contributed by atoms with Crippen LogP contribution in [0.3, 0.4) is 0 Å². The maximum atomic E-state index is 12.6. The van der Waals surface area contributed by atoms with Crippen molar-refractivity contribution in [2.75, 3.05) is 20.7 Å². The van der Waals surface area contributed by atoms with Gasteiger partial charge >= 0.3 is 0 Å². The molecule has 0 atom stereocenters. The summed E-state index contributed by atoms with van der Waals surface area (Å²) in [5, 5.41) is 9.28. The van der Waals surface area contributed by atoms with Crippen molar-refractivity contribution >= 4 is 26.0 Å². The molecule has 1 aliphatic carbocycles. The van der Waals surface area contributed by atoms with E-state index in [4.69, 9.17) is 4.74 Å². The largest absolute Gasteiger partial charge is 0.495 e. The lowest BCUT2D eigenvalue weighted by atomic mass is 9.82. The van der Waals surface area contributed by atoms with Gasteiger partial charge in [-0.1, -0.05) is 15.9 Å². The molecule has 5 nitrogen and oxygen atoms in total. The highest BCUT2D eigenvalue weighted by molar-refractivity contribution is 9.10. The lowest BCUT2D eigenvalue weighted by molar-refractivity contribution is 0.0367. The van der Waals surface area contributed by atoms with Crippen LogP contribution in [0.15, 0.2) is 27.6 Å². The predicted octanol–water partition coefficient (Wildman–Crippen LogP) is 1.85. The van der Waals surface area contributed by atoms with Crippen LogP contribution in [-0.2, 0) is 10.0 Å². The van der Waals surface area contributed by atoms with Crippen LogP contribution >= 0.6 is 15.9 Å². The highest BCUT2D eigenvalue weighted by Gasteiger charge is 2.32. The zero-order chi connectivity index (χ0) is 14.9. The number of sulfonamides is 1. The lowest BCUT2D eigenvalue weighted by Crippen LogP contribution is -2.39. The SMILES string of the molecule is COc1ccc(Br)cc1S(=O)(=O)N(C)CC1CC(O)C1. The first kappa shape index (κ1) is 15.8. The van der Waals surface area contributed by atoms with E-state index in [-0.39, 0.29) is 16.9 Å². The normalized spacial score (nSPS) is 22.6. The minimum atomic E-state index is -3.60. The molecule has 7 heteroatoms. The highest BCUT2D eigenvalue weighted by atomic mass is 79.9. The molecule has 0 unspecified atom stereocenters. The van der Waals surface area contributed by atoms with Crippen molar-refractivity contribution in [3.8, 4) is 5.75 Å². The summed E-state index contributed by atoms with van der Waals surface area (Å²) in [5.74, 6) is 0.552. The molecular weight excluding hydrogens is 346 g/mol. The molecule has 1 aromatic rings. The van der Waals surface area contributed by atoms with Gasteiger partial charge in [0.1, 0.15) is 10.6 Å². The maximum absolute atomic E-state index is 12.6. The van der Waals surface area contributed by atoms with Gasteiger partial charge in [-0.3, -0.25) is 0 Å². The molecule has 0 radical (unpaired) electrons. The third kappa shape index (κ3) is 3.16. The number of ether oxygens (including phenoxy) is 1. The van der Waals surface area contributed by atoms with Gasteiger partial charge in [0, 0.05) is 18.1 Å². The van der Waals surface area contributed by atoms with Crippen molar-refractivity contribution in [3.05, 3.63) is 22.7 Å². The molecule has 2 rings (SSSR count). The average molecular weight is 364 g/mol. The lowest BCUT2D eigenvalue weighted by Gasteiger charge is -2.34. The van der Waals surface area contributed by atoms with Crippen LogP contribution in [0.2, 0.25) is 0 Å². The fraction of sp³-hybridized carbons (Fsp3) is 0.538. The van der Waals surface area contributed by atoms with Crippen molar-refractivity contribution < 1.29 is 18.3 Å². The zero-order valence-corrected chi connectivity index (χ0v) is 13.8. The van der Waals surface area contributed by atoms with E-state index in [0.717, 1.165) is 0 Å². The van der Waals surface area contributed by atoms with Gasteiger partial charge in [0.25, 0.3) is 0 Å². The molecule has 1 aliphatic rings. The van der Waals surface area contributed by atoms with Gasteiger partial charge in [-0.25, -0.2) is 12.7 Å². The molecule has 112 valence electrons. The summed E-state index contributed by atoms with van der Waals surface area (Å²) in [6.45, 7) is 0.412. The number of halogens is 1. The summed E-state index contributed by atoms with van der Waals surface area (Å²) in [5.41, 5.74) is 0. The van der Waals surface area contributed by atoms with Crippen LogP contribution in [0, 0.1) is 5.92 Å². The number of methoxy groups -OCH3 is 1. The Balaban J connectivity index is 2.23. The van der Waals surface area contributed by atoms with E-state index in [1.165, 1.54) is 11.4 Å². The van der Waals surface area contributed by atoms with E-state index >= 15 is 0 Å². The molecule has 20 heavy (non-hydrogen) atoms. The van der Waals surface area contributed by atoms with Gasteiger partial charge in [0.2, 0.25) is 10.0 Å². The molecule has 0 spiro atoms. The van der Waals surface area contributed by atoms with Gasteiger partial charge in [0.05, 0.1) is 13.2 Å². The van der Waals surface area contributed by atoms with E-state index in [9.17, 15) is 13.5 Å². The zero-order valence-electron chi connectivity index (χ0n) is 11.4. The van der Waals surface area contributed by atoms with Gasteiger partial charge in [0.15, 0.2) is 0 Å². The third-order valence-corrected chi connectivity index (χ3v) is 5.88. The standard InChI is InChI=1S/C13H18BrNO4S/c1-15(8-9-5-11(16)6-9)20(17,18)13-7-10(14)3-4-12(13)19-2/h3-4,7,9,11,16H,5-6,8H2,1-2H3. The minimum Gasteiger partial charge on any atom is -0.495 e. The Labute approximate surface area is 127 Å². The van der Waals surface area contributed by atoms with Crippen molar-refractivity contribution in [2.45, 2.75) is 23.8 Å². The Kier molecular flexibility index (Phi) is 4.73. The summed E-state index contributed by atoms with van der Waals surface area (Å²) in [6, 6.07) is 4.90. The van der Waals surface area contributed by atoms with Crippen LogP contribution in [0.1, 0.15) is 12.8 Å². The molecule has 1 fully saturated rings. The van der Waals surface area contributed by atoms with Crippen molar-refractivity contribution in [3.63, 3.8) is 0 Å². The molecule has 0 bridgehead atoms. The smallest absolute Gasteiger partial charge is 0.246 e. The van der Waals surface area contributed by atoms with E-state index in [0.29, 0.717) is 29.6 Å². The number of hydrogen-bond acceptors (Lipinski definition) is 4. The minimum absolute atomic E-state index is 0.150.